The summed E-state index contributed by atoms with van der Waals surface area (Å²) in [6, 6.07) is 22.4. The quantitative estimate of drug-likeness (QED) is 0.313. The van der Waals surface area contributed by atoms with E-state index in [-0.39, 0.29) is 5.91 Å². The molecule has 4 rings (SSSR count). The van der Waals surface area contributed by atoms with Gasteiger partial charge in [0.15, 0.2) is 0 Å². The van der Waals surface area contributed by atoms with Crippen LogP contribution in [0.5, 0.6) is 5.75 Å². The molecule has 0 atom stereocenters. The molecule has 0 fully saturated rings. The molecule has 0 saturated heterocycles. The standard InChI is InChI=1S/C23H19BrN6O2/c1-32-21-12-11-20(24)13-19(21)14-25-27-23(31)18-9-7-16(8-10-18)15-30-28-22(26-29-30)17-5-3-2-4-6-17/h2-14H,15H2,1H3,(H,27,31)/b25-14+. The van der Waals surface area contributed by atoms with Gasteiger partial charge in [0.1, 0.15) is 5.75 Å². The van der Waals surface area contributed by atoms with Crippen LogP contribution in [0.4, 0.5) is 0 Å². The smallest absolute Gasteiger partial charge is 0.271 e. The molecule has 0 aliphatic heterocycles. The van der Waals surface area contributed by atoms with Gasteiger partial charge in [-0.3, -0.25) is 4.79 Å². The van der Waals surface area contributed by atoms with Gasteiger partial charge in [0.05, 0.1) is 19.9 Å². The number of hydrogen-bond acceptors (Lipinski definition) is 6. The van der Waals surface area contributed by atoms with Gasteiger partial charge in [-0.15, -0.1) is 10.2 Å². The summed E-state index contributed by atoms with van der Waals surface area (Å²) < 4.78 is 6.18. The molecular formula is C23H19BrN6O2. The van der Waals surface area contributed by atoms with Crippen molar-refractivity contribution in [2.75, 3.05) is 7.11 Å². The van der Waals surface area contributed by atoms with Gasteiger partial charge in [-0.25, -0.2) is 5.43 Å². The highest BCUT2D eigenvalue weighted by atomic mass is 79.9. The SMILES string of the molecule is COc1ccc(Br)cc1/C=N/NC(=O)c1ccc(Cn2nnc(-c3ccccc3)n2)cc1. The van der Waals surface area contributed by atoms with Gasteiger partial charge in [-0.1, -0.05) is 58.4 Å². The fourth-order valence-electron chi connectivity index (χ4n) is 2.97. The van der Waals surface area contributed by atoms with Crippen LogP contribution in [0.1, 0.15) is 21.5 Å². The summed E-state index contributed by atoms with van der Waals surface area (Å²) in [6.07, 6.45) is 1.54. The second-order valence-electron chi connectivity index (χ2n) is 6.79. The van der Waals surface area contributed by atoms with Crippen LogP contribution >= 0.6 is 15.9 Å². The lowest BCUT2D eigenvalue weighted by Crippen LogP contribution is -2.17. The van der Waals surface area contributed by atoms with Crippen LogP contribution in [0.15, 0.2) is 82.4 Å². The van der Waals surface area contributed by atoms with Crippen LogP contribution in [0.2, 0.25) is 0 Å². The maximum Gasteiger partial charge on any atom is 0.271 e. The van der Waals surface area contributed by atoms with Gasteiger partial charge < -0.3 is 4.74 Å². The van der Waals surface area contributed by atoms with Gasteiger partial charge in [-0.05, 0) is 41.1 Å². The third kappa shape index (κ3) is 5.25. The topological polar surface area (TPSA) is 94.3 Å². The number of tetrazole rings is 1. The maximum atomic E-state index is 12.4. The summed E-state index contributed by atoms with van der Waals surface area (Å²) in [5.41, 5.74) is 5.62. The minimum absolute atomic E-state index is 0.313. The van der Waals surface area contributed by atoms with E-state index in [0.29, 0.717) is 23.7 Å². The van der Waals surface area contributed by atoms with Gasteiger partial charge in [0.25, 0.3) is 5.91 Å². The average Bonchev–Trinajstić information content (AvgIpc) is 3.29. The molecule has 0 aliphatic carbocycles. The number of aromatic nitrogens is 4. The first-order chi connectivity index (χ1) is 15.6. The Kier molecular flexibility index (Phi) is 6.66. The Balaban J connectivity index is 1.37. The predicted octanol–water partition coefficient (Wildman–Crippen LogP) is 3.92. The zero-order chi connectivity index (χ0) is 22.3. The average molecular weight is 491 g/mol. The third-order valence-electron chi connectivity index (χ3n) is 4.59. The molecule has 1 N–H and O–H groups in total. The normalized spacial score (nSPS) is 10.9. The lowest BCUT2D eigenvalue weighted by Gasteiger charge is -2.05. The molecule has 0 bridgehead atoms. The van der Waals surface area contributed by atoms with Crippen molar-refractivity contribution in [3.05, 3.63) is 94.0 Å². The van der Waals surface area contributed by atoms with Crippen molar-refractivity contribution in [3.63, 3.8) is 0 Å². The lowest BCUT2D eigenvalue weighted by atomic mass is 10.1. The van der Waals surface area contributed by atoms with E-state index < -0.39 is 0 Å². The van der Waals surface area contributed by atoms with Crippen molar-refractivity contribution in [2.45, 2.75) is 6.54 Å². The molecule has 0 radical (unpaired) electrons. The molecule has 4 aromatic rings. The molecule has 0 saturated carbocycles. The molecule has 32 heavy (non-hydrogen) atoms. The number of ether oxygens (including phenoxy) is 1. The fraction of sp³-hybridized carbons (Fsp3) is 0.0870. The van der Waals surface area contributed by atoms with E-state index in [1.165, 1.54) is 11.0 Å². The molecule has 160 valence electrons. The molecule has 9 heteroatoms. The van der Waals surface area contributed by atoms with E-state index in [1.54, 1.807) is 19.2 Å². The van der Waals surface area contributed by atoms with E-state index in [2.05, 4.69) is 41.9 Å². The molecule has 1 heterocycles. The van der Waals surface area contributed by atoms with Crippen LogP contribution in [0.25, 0.3) is 11.4 Å². The van der Waals surface area contributed by atoms with Gasteiger partial charge in [0.2, 0.25) is 5.82 Å². The van der Waals surface area contributed by atoms with Crippen molar-refractivity contribution in [1.29, 1.82) is 0 Å². The molecule has 1 aromatic heterocycles. The van der Waals surface area contributed by atoms with Gasteiger partial charge in [0, 0.05) is 21.2 Å². The fourth-order valence-corrected chi connectivity index (χ4v) is 3.35. The number of halogens is 1. The number of rotatable bonds is 7. The Morgan fingerprint density at radius 2 is 1.91 bits per heavy atom. The first-order valence-corrected chi connectivity index (χ1v) is 10.5. The number of carbonyl (C=O) groups is 1. The number of hydrazone groups is 1. The van der Waals surface area contributed by atoms with E-state index in [4.69, 9.17) is 4.74 Å². The second kappa shape index (κ2) is 9.97. The Morgan fingerprint density at radius 1 is 1.12 bits per heavy atom. The Bertz CT molecular complexity index is 1240. The van der Waals surface area contributed by atoms with Crippen LogP contribution in [-0.2, 0) is 6.54 Å². The molecule has 0 aliphatic rings. The van der Waals surface area contributed by atoms with E-state index in [9.17, 15) is 4.79 Å². The molecule has 1 amide bonds. The molecule has 3 aromatic carbocycles. The minimum atomic E-state index is -0.313. The van der Waals surface area contributed by atoms with E-state index in [0.717, 1.165) is 21.2 Å². The maximum absolute atomic E-state index is 12.4. The van der Waals surface area contributed by atoms with Crippen molar-refractivity contribution >= 4 is 28.1 Å². The zero-order valence-corrected chi connectivity index (χ0v) is 18.7. The van der Waals surface area contributed by atoms with Crippen LogP contribution in [-0.4, -0.2) is 39.4 Å². The largest absolute Gasteiger partial charge is 0.496 e. The van der Waals surface area contributed by atoms with Crippen LogP contribution in [0, 0.1) is 0 Å². The Morgan fingerprint density at radius 3 is 2.66 bits per heavy atom. The van der Waals surface area contributed by atoms with E-state index >= 15 is 0 Å². The summed E-state index contributed by atoms with van der Waals surface area (Å²) >= 11 is 3.41. The number of amides is 1. The number of benzene rings is 3. The molecular weight excluding hydrogens is 472 g/mol. The molecule has 0 unspecified atom stereocenters. The summed E-state index contributed by atoms with van der Waals surface area (Å²) in [5.74, 6) is 0.918. The van der Waals surface area contributed by atoms with Crippen molar-refractivity contribution in [2.24, 2.45) is 5.10 Å². The van der Waals surface area contributed by atoms with Crippen molar-refractivity contribution in [3.8, 4) is 17.1 Å². The summed E-state index contributed by atoms with van der Waals surface area (Å²) in [6.45, 7) is 0.447. The van der Waals surface area contributed by atoms with Gasteiger partial charge in [-0.2, -0.15) is 9.90 Å². The van der Waals surface area contributed by atoms with Crippen molar-refractivity contribution < 1.29 is 9.53 Å². The summed E-state index contributed by atoms with van der Waals surface area (Å²) in [4.78, 5) is 13.9. The number of hydrogen-bond donors (Lipinski definition) is 1. The second-order valence-corrected chi connectivity index (χ2v) is 7.71. The Labute approximate surface area is 193 Å². The van der Waals surface area contributed by atoms with Crippen LogP contribution < -0.4 is 10.2 Å². The van der Waals surface area contributed by atoms with Crippen LogP contribution in [0.3, 0.4) is 0 Å². The summed E-state index contributed by atoms with van der Waals surface area (Å²) in [5, 5.41) is 16.6. The Hall–Kier alpha value is -3.85. The highest BCUT2D eigenvalue weighted by molar-refractivity contribution is 9.10. The van der Waals surface area contributed by atoms with E-state index in [1.807, 2.05) is 60.7 Å². The molecule has 0 spiro atoms. The van der Waals surface area contributed by atoms with Crippen molar-refractivity contribution in [1.82, 2.24) is 25.6 Å². The number of nitrogens with one attached hydrogen (secondary N) is 1. The lowest BCUT2D eigenvalue weighted by molar-refractivity contribution is 0.0955. The third-order valence-corrected chi connectivity index (χ3v) is 5.08. The first-order valence-electron chi connectivity index (χ1n) is 9.71. The van der Waals surface area contributed by atoms with Gasteiger partial charge >= 0.3 is 0 Å². The monoisotopic (exact) mass is 490 g/mol. The zero-order valence-electron chi connectivity index (χ0n) is 17.1. The number of carbonyl (C=O) groups excluding carboxylic acids is 1. The number of nitrogens with zero attached hydrogens (tertiary/aromatic N) is 5. The number of methoxy groups -OCH3 is 1. The minimum Gasteiger partial charge on any atom is -0.496 e. The highest BCUT2D eigenvalue weighted by Gasteiger charge is 2.08. The predicted molar refractivity (Wildman–Crippen MR) is 125 cm³/mol. The first kappa shape index (κ1) is 21.4. The summed E-state index contributed by atoms with van der Waals surface area (Å²) in [7, 11) is 1.58. The molecule has 8 nitrogen and oxygen atoms in total. The highest BCUT2D eigenvalue weighted by Crippen LogP contribution is 2.21.